The van der Waals surface area contributed by atoms with Crippen molar-refractivity contribution in [1.82, 2.24) is 0 Å². The second kappa shape index (κ2) is 5.58. The van der Waals surface area contributed by atoms with Gasteiger partial charge in [0.05, 0.1) is 0 Å². The van der Waals surface area contributed by atoms with Crippen LogP contribution in [0.1, 0.15) is 30.9 Å². The Kier molecular flexibility index (Phi) is 3.88. The molecule has 0 aliphatic heterocycles. The first-order chi connectivity index (χ1) is 8.68. The summed E-state index contributed by atoms with van der Waals surface area (Å²) in [5.74, 6) is 1.29. The van der Waals surface area contributed by atoms with Crippen molar-refractivity contribution in [3.05, 3.63) is 59.7 Å². The lowest BCUT2D eigenvalue weighted by Crippen LogP contribution is -2.00. The van der Waals surface area contributed by atoms with Crippen molar-refractivity contribution in [3.63, 3.8) is 0 Å². The van der Waals surface area contributed by atoms with Gasteiger partial charge in [-0.1, -0.05) is 50.2 Å². The molecule has 0 spiro atoms. The first-order valence-corrected chi connectivity index (χ1v) is 6.17. The number of rotatable bonds is 4. The van der Waals surface area contributed by atoms with Crippen molar-refractivity contribution in [2.75, 3.05) is 0 Å². The van der Waals surface area contributed by atoms with Gasteiger partial charge in [0, 0.05) is 5.56 Å². The van der Waals surface area contributed by atoms with Crippen molar-refractivity contribution in [2.45, 2.75) is 26.4 Å². The maximum Gasteiger partial charge on any atom is 0.126 e. The van der Waals surface area contributed by atoms with E-state index in [1.165, 1.54) is 0 Å². The third kappa shape index (κ3) is 2.83. The van der Waals surface area contributed by atoms with E-state index < -0.39 is 0 Å². The summed E-state index contributed by atoms with van der Waals surface area (Å²) in [5.41, 5.74) is 1.99. The van der Waals surface area contributed by atoms with Gasteiger partial charge >= 0.3 is 0 Å². The standard InChI is InChI=1S/C16H18O2/c1-12(2)16-14(17)9-6-10-15(16)18-11-13-7-4-3-5-8-13/h3-10,12,17H,11H2,1-2H3. The Balaban J connectivity index is 2.17. The monoisotopic (exact) mass is 242 g/mol. The van der Waals surface area contributed by atoms with Crippen LogP contribution in [0.2, 0.25) is 0 Å². The molecule has 1 N–H and O–H groups in total. The molecule has 0 unspecified atom stereocenters. The molecule has 0 aromatic heterocycles. The van der Waals surface area contributed by atoms with Crippen LogP contribution in [0.4, 0.5) is 0 Å². The van der Waals surface area contributed by atoms with Gasteiger partial charge in [0.25, 0.3) is 0 Å². The Morgan fingerprint density at radius 3 is 2.39 bits per heavy atom. The molecule has 0 heterocycles. The molecule has 2 rings (SSSR count). The maximum atomic E-state index is 9.88. The van der Waals surface area contributed by atoms with Crippen molar-refractivity contribution < 1.29 is 9.84 Å². The van der Waals surface area contributed by atoms with E-state index in [1.807, 2.05) is 56.3 Å². The summed E-state index contributed by atoms with van der Waals surface area (Å²) in [5, 5.41) is 9.88. The molecular weight excluding hydrogens is 224 g/mol. The Bertz CT molecular complexity index is 504. The normalized spacial score (nSPS) is 10.6. The topological polar surface area (TPSA) is 29.5 Å². The molecule has 94 valence electrons. The molecule has 2 aromatic rings. The molecule has 2 aromatic carbocycles. The second-order valence-electron chi connectivity index (χ2n) is 4.62. The summed E-state index contributed by atoms with van der Waals surface area (Å²) in [6.07, 6.45) is 0. The van der Waals surface area contributed by atoms with Gasteiger partial charge in [-0.3, -0.25) is 0 Å². The van der Waals surface area contributed by atoms with E-state index in [2.05, 4.69) is 0 Å². The van der Waals surface area contributed by atoms with Crippen LogP contribution in [0.25, 0.3) is 0 Å². The minimum atomic E-state index is 0.233. The molecule has 0 saturated heterocycles. The van der Waals surface area contributed by atoms with E-state index in [4.69, 9.17) is 4.74 Å². The third-order valence-electron chi connectivity index (χ3n) is 2.86. The van der Waals surface area contributed by atoms with Crippen molar-refractivity contribution in [1.29, 1.82) is 0 Å². The minimum Gasteiger partial charge on any atom is -0.508 e. The lowest BCUT2D eigenvalue weighted by Gasteiger charge is -2.15. The molecule has 0 saturated carbocycles. The molecule has 0 radical (unpaired) electrons. The largest absolute Gasteiger partial charge is 0.508 e. The first-order valence-electron chi connectivity index (χ1n) is 6.17. The fourth-order valence-corrected chi connectivity index (χ4v) is 1.97. The number of phenolic OH excluding ortho intramolecular Hbond substituents is 1. The Morgan fingerprint density at radius 1 is 1.00 bits per heavy atom. The predicted octanol–water partition coefficient (Wildman–Crippen LogP) is 4.09. The highest BCUT2D eigenvalue weighted by molar-refractivity contribution is 5.45. The quantitative estimate of drug-likeness (QED) is 0.874. The van der Waals surface area contributed by atoms with Crippen LogP contribution in [-0.2, 0) is 6.61 Å². The minimum absolute atomic E-state index is 0.233. The van der Waals surface area contributed by atoms with Gasteiger partial charge < -0.3 is 9.84 Å². The van der Waals surface area contributed by atoms with E-state index in [0.29, 0.717) is 12.4 Å². The SMILES string of the molecule is CC(C)c1c(O)cccc1OCc1ccccc1. The summed E-state index contributed by atoms with van der Waals surface area (Å²) >= 11 is 0. The van der Waals surface area contributed by atoms with Gasteiger partial charge in [-0.05, 0) is 23.6 Å². The number of hydrogen-bond donors (Lipinski definition) is 1. The zero-order chi connectivity index (χ0) is 13.0. The molecule has 0 fully saturated rings. The smallest absolute Gasteiger partial charge is 0.126 e. The molecule has 0 amide bonds. The van der Waals surface area contributed by atoms with Crippen LogP contribution >= 0.6 is 0 Å². The lowest BCUT2D eigenvalue weighted by molar-refractivity contribution is 0.299. The van der Waals surface area contributed by atoms with Gasteiger partial charge in [0.1, 0.15) is 18.1 Å². The average molecular weight is 242 g/mol. The van der Waals surface area contributed by atoms with E-state index in [1.54, 1.807) is 6.07 Å². The van der Waals surface area contributed by atoms with Crippen molar-refractivity contribution in [2.24, 2.45) is 0 Å². The van der Waals surface area contributed by atoms with E-state index in [9.17, 15) is 5.11 Å². The summed E-state index contributed by atoms with van der Waals surface area (Å²) in [6.45, 7) is 4.61. The Hall–Kier alpha value is -1.96. The summed E-state index contributed by atoms with van der Waals surface area (Å²) < 4.78 is 5.81. The van der Waals surface area contributed by atoms with Crippen molar-refractivity contribution >= 4 is 0 Å². The number of aromatic hydroxyl groups is 1. The van der Waals surface area contributed by atoms with Crippen LogP contribution in [0.15, 0.2) is 48.5 Å². The molecular formula is C16H18O2. The third-order valence-corrected chi connectivity index (χ3v) is 2.86. The highest BCUT2D eigenvalue weighted by atomic mass is 16.5. The summed E-state index contributed by atoms with van der Waals surface area (Å²) in [6, 6.07) is 15.4. The first kappa shape index (κ1) is 12.5. The van der Waals surface area contributed by atoms with Gasteiger partial charge in [-0.25, -0.2) is 0 Å². The average Bonchev–Trinajstić information content (AvgIpc) is 2.37. The molecule has 2 nitrogen and oxygen atoms in total. The zero-order valence-corrected chi connectivity index (χ0v) is 10.8. The summed E-state index contributed by atoms with van der Waals surface area (Å²) in [7, 11) is 0. The fraction of sp³-hybridized carbons (Fsp3) is 0.250. The van der Waals surface area contributed by atoms with Crippen LogP contribution in [-0.4, -0.2) is 5.11 Å². The van der Waals surface area contributed by atoms with Crippen LogP contribution in [0.3, 0.4) is 0 Å². The number of ether oxygens (including phenoxy) is 1. The second-order valence-corrected chi connectivity index (χ2v) is 4.62. The van der Waals surface area contributed by atoms with Crippen LogP contribution in [0, 0.1) is 0 Å². The molecule has 0 aliphatic rings. The molecule has 0 bridgehead atoms. The van der Waals surface area contributed by atoms with Crippen LogP contribution in [0.5, 0.6) is 11.5 Å². The molecule has 2 heteroatoms. The van der Waals surface area contributed by atoms with Gasteiger partial charge in [0.2, 0.25) is 0 Å². The fourth-order valence-electron chi connectivity index (χ4n) is 1.97. The molecule has 18 heavy (non-hydrogen) atoms. The van der Waals surface area contributed by atoms with E-state index in [-0.39, 0.29) is 5.92 Å². The zero-order valence-electron chi connectivity index (χ0n) is 10.8. The van der Waals surface area contributed by atoms with Gasteiger partial charge in [-0.15, -0.1) is 0 Å². The number of benzene rings is 2. The van der Waals surface area contributed by atoms with Crippen molar-refractivity contribution in [3.8, 4) is 11.5 Å². The van der Waals surface area contributed by atoms with Gasteiger partial charge in [0.15, 0.2) is 0 Å². The van der Waals surface area contributed by atoms with Crippen LogP contribution < -0.4 is 4.74 Å². The lowest BCUT2D eigenvalue weighted by atomic mass is 10.0. The van der Waals surface area contributed by atoms with E-state index >= 15 is 0 Å². The van der Waals surface area contributed by atoms with E-state index in [0.717, 1.165) is 16.9 Å². The van der Waals surface area contributed by atoms with Gasteiger partial charge in [-0.2, -0.15) is 0 Å². The number of phenols is 1. The predicted molar refractivity (Wildman–Crippen MR) is 73.0 cm³/mol. The highest BCUT2D eigenvalue weighted by Crippen LogP contribution is 2.34. The Labute approximate surface area is 108 Å². The summed E-state index contributed by atoms with van der Waals surface area (Å²) in [4.78, 5) is 0. The highest BCUT2D eigenvalue weighted by Gasteiger charge is 2.12. The molecule has 0 aliphatic carbocycles. The molecule has 0 atom stereocenters. The Morgan fingerprint density at radius 2 is 1.72 bits per heavy atom. The number of hydrogen-bond acceptors (Lipinski definition) is 2. The maximum absolute atomic E-state index is 9.88.